The summed E-state index contributed by atoms with van der Waals surface area (Å²) in [6, 6.07) is 23.9. The SMILES string of the molecule is CS(=O)(=O)c1cccc(OCc2ccc(-c3ccccc3C#N)cc2)c1. The van der Waals surface area contributed by atoms with Gasteiger partial charge in [-0.1, -0.05) is 48.5 Å². The van der Waals surface area contributed by atoms with Gasteiger partial charge in [0.15, 0.2) is 9.84 Å². The van der Waals surface area contributed by atoms with Crippen LogP contribution in [0.2, 0.25) is 0 Å². The first-order valence-electron chi connectivity index (χ1n) is 7.99. The molecule has 0 amide bonds. The molecule has 0 radical (unpaired) electrons. The zero-order valence-electron chi connectivity index (χ0n) is 14.2. The van der Waals surface area contributed by atoms with E-state index in [1.807, 2.05) is 42.5 Å². The highest BCUT2D eigenvalue weighted by Gasteiger charge is 2.08. The van der Waals surface area contributed by atoms with Crippen LogP contribution in [0, 0.1) is 11.3 Å². The van der Waals surface area contributed by atoms with E-state index in [4.69, 9.17) is 4.74 Å². The van der Waals surface area contributed by atoms with Crippen LogP contribution in [0.25, 0.3) is 11.1 Å². The Morgan fingerprint density at radius 1 is 0.962 bits per heavy atom. The van der Waals surface area contributed by atoms with E-state index in [9.17, 15) is 13.7 Å². The summed E-state index contributed by atoms with van der Waals surface area (Å²) in [4.78, 5) is 0.235. The molecular formula is C21H17NO3S. The van der Waals surface area contributed by atoms with Crippen molar-refractivity contribution in [2.75, 3.05) is 6.26 Å². The Morgan fingerprint density at radius 2 is 1.69 bits per heavy atom. The monoisotopic (exact) mass is 363 g/mol. The minimum absolute atomic E-state index is 0.235. The molecule has 3 aromatic rings. The second-order valence-corrected chi connectivity index (χ2v) is 7.91. The number of nitriles is 1. The Hall–Kier alpha value is -3.10. The molecule has 0 unspecified atom stereocenters. The van der Waals surface area contributed by atoms with Crippen LogP contribution < -0.4 is 4.74 Å². The Morgan fingerprint density at radius 3 is 2.38 bits per heavy atom. The molecule has 0 spiro atoms. The summed E-state index contributed by atoms with van der Waals surface area (Å²) in [5, 5.41) is 9.21. The fraction of sp³-hybridized carbons (Fsp3) is 0.0952. The molecule has 0 N–H and O–H groups in total. The van der Waals surface area contributed by atoms with E-state index < -0.39 is 9.84 Å². The lowest BCUT2D eigenvalue weighted by atomic mass is 9.99. The summed E-state index contributed by atoms with van der Waals surface area (Å²) in [5.41, 5.74) is 3.44. The van der Waals surface area contributed by atoms with Crippen molar-refractivity contribution in [3.63, 3.8) is 0 Å². The van der Waals surface area contributed by atoms with E-state index in [2.05, 4.69) is 6.07 Å². The minimum Gasteiger partial charge on any atom is -0.489 e. The highest BCUT2D eigenvalue weighted by Crippen LogP contribution is 2.24. The van der Waals surface area contributed by atoms with Crippen molar-refractivity contribution >= 4 is 9.84 Å². The van der Waals surface area contributed by atoms with Crippen LogP contribution in [0.15, 0.2) is 77.7 Å². The molecule has 0 aromatic heterocycles. The standard InChI is InChI=1S/C21H17NO3S/c1-26(23,24)20-7-4-6-19(13-20)25-15-16-9-11-17(12-10-16)21-8-3-2-5-18(21)14-22/h2-13H,15H2,1H3. The van der Waals surface area contributed by atoms with Crippen molar-refractivity contribution in [3.8, 4) is 22.9 Å². The summed E-state index contributed by atoms with van der Waals surface area (Å²) < 4.78 is 28.9. The van der Waals surface area contributed by atoms with Gasteiger partial charge in [-0.05, 0) is 41.0 Å². The van der Waals surface area contributed by atoms with Crippen LogP contribution in [0.5, 0.6) is 5.75 Å². The lowest BCUT2D eigenvalue weighted by Crippen LogP contribution is -1.99. The molecule has 0 aliphatic heterocycles. The van der Waals surface area contributed by atoms with E-state index >= 15 is 0 Å². The van der Waals surface area contributed by atoms with Crippen molar-refractivity contribution in [1.29, 1.82) is 5.26 Å². The molecule has 0 heterocycles. The minimum atomic E-state index is -3.26. The fourth-order valence-electron chi connectivity index (χ4n) is 2.57. The number of ether oxygens (including phenoxy) is 1. The Kier molecular flexibility index (Phi) is 5.06. The van der Waals surface area contributed by atoms with Gasteiger partial charge in [0.2, 0.25) is 0 Å². The van der Waals surface area contributed by atoms with Crippen LogP contribution in [0.3, 0.4) is 0 Å². The highest BCUT2D eigenvalue weighted by atomic mass is 32.2. The van der Waals surface area contributed by atoms with Crippen LogP contribution in [-0.4, -0.2) is 14.7 Å². The highest BCUT2D eigenvalue weighted by molar-refractivity contribution is 7.90. The number of benzene rings is 3. The first kappa shape index (κ1) is 17.7. The first-order chi connectivity index (χ1) is 12.5. The van der Waals surface area contributed by atoms with Gasteiger partial charge >= 0.3 is 0 Å². The molecule has 3 rings (SSSR count). The van der Waals surface area contributed by atoms with Crippen molar-refractivity contribution in [3.05, 3.63) is 83.9 Å². The van der Waals surface area contributed by atoms with E-state index in [1.54, 1.807) is 24.3 Å². The molecule has 130 valence electrons. The number of sulfone groups is 1. The molecule has 26 heavy (non-hydrogen) atoms. The summed E-state index contributed by atoms with van der Waals surface area (Å²) >= 11 is 0. The summed E-state index contributed by atoms with van der Waals surface area (Å²) in [5.74, 6) is 0.506. The lowest BCUT2D eigenvalue weighted by Gasteiger charge is -2.09. The number of hydrogen-bond acceptors (Lipinski definition) is 4. The second-order valence-electron chi connectivity index (χ2n) is 5.89. The predicted molar refractivity (Wildman–Crippen MR) is 100 cm³/mol. The van der Waals surface area contributed by atoms with Gasteiger partial charge < -0.3 is 4.74 Å². The number of hydrogen-bond donors (Lipinski definition) is 0. The first-order valence-corrected chi connectivity index (χ1v) is 9.88. The van der Waals surface area contributed by atoms with Gasteiger partial charge in [-0.2, -0.15) is 5.26 Å². The second kappa shape index (κ2) is 7.42. The third kappa shape index (κ3) is 4.11. The third-order valence-corrected chi connectivity index (χ3v) is 5.06. The molecule has 0 aliphatic carbocycles. The fourth-order valence-corrected chi connectivity index (χ4v) is 3.23. The van der Waals surface area contributed by atoms with E-state index in [0.29, 0.717) is 17.9 Å². The van der Waals surface area contributed by atoms with Gasteiger partial charge in [0.1, 0.15) is 12.4 Å². The summed E-state index contributed by atoms with van der Waals surface area (Å²) in [6.07, 6.45) is 1.17. The summed E-state index contributed by atoms with van der Waals surface area (Å²) in [6.45, 7) is 0.327. The van der Waals surface area contributed by atoms with Gasteiger partial charge in [-0.25, -0.2) is 8.42 Å². The average molecular weight is 363 g/mol. The van der Waals surface area contributed by atoms with Crippen molar-refractivity contribution in [2.45, 2.75) is 11.5 Å². The van der Waals surface area contributed by atoms with Gasteiger partial charge in [-0.3, -0.25) is 0 Å². The van der Waals surface area contributed by atoms with Crippen molar-refractivity contribution in [1.82, 2.24) is 0 Å². The van der Waals surface area contributed by atoms with Crippen molar-refractivity contribution < 1.29 is 13.2 Å². The van der Waals surface area contributed by atoms with Crippen molar-refractivity contribution in [2.24, 2.45) is 0 Å². The maximum absolute atomic E-state index is 11.6. The molecule has 0 aliphatic rings. The maximum Gasteiger partial charge on any atom is 0.175 e. The lowest BCUT2D eigenvalue weighted by molar-refractivity contribution is 0.305. The zero-order valence-corrected chi connectivity index (χ0v) is 15.0. The molecule has 0 fully saturated rings. The quantitative estimate of drug-likeness (QED) is 0.681. The topological polar surface area (TPSA) is 67.2 Å². The molecule has 5 heteroatoms. The molecule has 3 aromatic carbocycles. The average Bonchev–Trinajstić information content (AvgIpc) is 2.66. The summed E-state index contributed by atoms with van der Waals surface area (Å²) in [7, 11) is -3.26. The molecular weight excluding hydrogens is 346 g/mol. The molecule has 0 bridgehead atoms. The van der Waals surface area contributed by atoms with Crippen LogP contribution in [0.4, 0.5) is 0 Å². The molecule has 4 nitrogen and oxygen atoms in total. The molecule has 0 saturated carbocycles. The Bertz CT molecular complexity index is 1060. The van der Waals surface area contributed by atoms with Gasteiger partial charge in [-0.15, -0.1) is 0 Å². The molecule has 0 saturated heterocycles. The number of nitrogens with zero attached hydrogens (tertiary/aromatic N) is 1. The van der Waals surface area contributed by atoms with Gasteiger partial charge in [0, 0.05) is 6.26 Å². The van der Waals surface area contributed by atoms with Gasteiger partial charge in [0.25, 0.3) is 0 Å². The maximum atomic E-state index is 11.6. The largest absolute Gasteiger partial charge is 0.489 e. The van der Waals surface area contributed by atoms with Crippen LogP contribution in [-0.2, 0) is 16.4 Å². The van der Waals surface area contributed by atoms with Crippen LogP contribution >= 0.6 is 0 Å². The van der Waals surface area contributed by atoms with E-state index in [-0.39, 0.29) is 4.90 Å². The third-order valence-electron chi connectivity index (χ3n) is 3.95. The molecule has 0 atom stereocenters. The zero-order chi connectivity index (χ0) is 18.6. The van der Waals surface area contributed by atoms with Gasteiger partial charge in [0.05, 0.1) is 16.5 Å². The van der Waals surface area contributed by atoms with Crippen LogP contribution in [0.1, 0.15) is 11.1 Å². The Labute approximate surface area is 153 Å². The Balaban J connectivity index is 1.74. The smallest absolute Gasteiger partial charge is 0.175 e. The predicted octanol–water partition coefficient (Wildman–Crippen LogP) is 4.21. The number of rotatable bonds is 5. The normalized spacial score (nSPS) is 10.9. The van der Waals surface area contributed by atoms with E-state index in [1.165, 1.54) is 12.3 Å². The van der Waals surface area contributed by atoms with E-state index in [0.717, 1.165) is 16.7 Å².